The van der Waals surface area contributed by atoms with Crippen molar-refractivity contribution in [3.8, 4) is 11.5 Å². The van der Waals surface area contributed by atoms with Crippen molar-refractivity contribution in [2.75, 3.05) is 13.2 Å². The lowest BCUT2D eigenvalue weighted by Crippen LogP contribution is -2.13. The molecule has 0 aliphatic carbocycles. The highest BCUT2D eigenvalue weighted by Gasteiger charge is 2.14. The molecule has 0 aromatic heterocycles. The Bertz CT molecular complexity index is 760. The molecule has 0 aliphatic heterocycles. The molecule has 2 rings (SSSR count). The number of ether oxygens (including phenoxy) is 2. The van der Waals surface area contributed by atoms with Crippen LogP contribution >= 0.6 is 23.2 Å². The van der Waals surface area contributed by atoms with E-state index in [1.165, 1.54) is 36.4 Å². The number of hydrogen-bond acceptors (Lipinski definition) is 6. The molecule has 27 heavy (non-hydrogen) atoms. The van der Waals surface area contributed by atoms with Gasteiger partial charge in [0.25, 0.3) is 0 Å². The summed E-state index contributed by atoms with van der Waals surface area (Å²) in [6.07, 6.45) is 0. The van der Waals surface area contributed by atoms with Gasteiger partial charge in [0.15, 0.2) is 0 Å². The van der Waals surface area contributed by atoms with Gasteiger partial charge in [-0.1, -0.05) is 23.2 Å². The average Bonchev–Trinajstić information content (AvgIpc) is 2.65. The molecule has 0 bridgehead atoms. The molecule has 6 nitrogen and oxygen atoms in total. The fourth-order valence-corrected chi connectivity index (χ4v) is 2.41. The molecule has 0 radical (unpaired) electrons. The Morgan fingerprint density at radius 3 is 1.59 bits per heavy atom. The summed E-state index contributed by atoms with van der Waals surface area (Å²) in [7, 11) is -0.238. The van der Waals surface area contributed by atoms with Gasteiger partial charge in [-0.05, 0) is 50.2 Å². The lowest BCUT2D eigenvalue weighted by Gasteiger charge is -2.12. The zero-order valence-electron chi connectivity index (χ0n) is 14.8. The second-order valence-corrected chi connectivity index (χ2v) is 5.95. The molecule has 0 aliphatic rings. The summed E-state index contributed by atoms with van der Waals surface area (Å²) < 4.78 is 20.8. The highest BCUT2D eigenvalue weighted by Crippen LogP contribution is 2.28. The molecule has 0 saturated heterocycles. The van der Waals surface area contributed by atoms with Crippen LogP contribution in [-0.2, 0) is 9.47 Å². The fraction of sp³-hybridized carbons (Fsp3) is 0.222. The number of halogens is 2. The van der Waals surface area contributed by atoms with Crippen molar-refractivity contribution in [2.45, 2.75) is 13.8 Å². The highest BCUT2D eigenvalue weighted by molar-refractivity contribution is 6.34. The van der Waals surface area contributed by atoms with Gasteiger partial charge in [0.2, 0.25) is 0 Å². The molecule has 0 atom stereocenters. The van der Waals surface area contributed by atoms with Gasteiger partial charge in [-0.25, -0.2) is 9.59 Å². The topological polar surface area (TPSA) is 71.1 Å². The molecule has 9 heteroatoms. The van der Waals surface area contributed by atoms with Gasteiger partial charge in [-0.15, -0.1) is 0 Å². The summed E-state index contributed by atoms with van der Waals surface area (Å²) in [6.45, 7) is 3.95. The van der Waals surface area contributed by atoms with E-state index in [2.05, 4.69) is 0 Å². The smallest absolute Gasteiger partial charge is 0.527 e. The fourth-order valence-electron chi connectivity index (χ4n) is 2.07. The van der Waals surface area contributed by atoms with Crippen LogP contribution in [0.2, 0.25) is 10.0 Å². The third kappa shape index (κ3) is 5.81. The van der Waals surface area contributed by atoms with Gasteiger partial charge >= 0.3 is 19.6 Å². The van der Waals surface area contributed by atoms with Crippen LogP contribution in [0.1, 0.15) is 34.6 Å². The number of carbonyl (C=O) groups is 2. The van der Waals surface area contributed by atoms with Crippen LogP contribution in [0.4, 0.5) is 0 Å². The normalized spacial score (nSPS) is 10.1. The average molecular weight is 411 g/mol. The van der Waals surface area contributed by atoms with Crippen LogP contribution in [0.5, 0.6) is 11.5 Å². The van der Waals surface area contributed by atoms with E-state index in [-0.39, 0.29) is 32.4 Å². The predicted octanol–water partition coefficient (Wildman–Crippen LogP) is 4.07. The molecule has 0 spiro atoms. The lowest BCUT2D eigenvalue weighted by atomic mass is 10.2. The summed E-state index contributed by atoms with van der Waals surface area (Å²) >= 11 is 12.1. The molecule has 0 saturated carbocycles. The van der Waals surface area contributed by atoms with Gasteiger partial charge < -0.3 is 18.8 Å². The minimum absolute atomic E-state index is 0.238. The summed E-state index contributed by atoms with van der Waals surface area (Å²) in [4.78, 5) is 23.6. The van der Waals surface area contributed by atoms with Crippen molar-refractivity contribution in [3.63, 3.8) is 0 Å². The van der Waals surface area contributed by atoms with Crippen molar-refractivity contribution in [1.82, 2.24) is 0 Å². The van der Waals surface area contributed by atoms with Gasteiger partial charge in [0.1, 0.15) is 11.5 Å². The van der Waals surface area contributed by atoms with Crippen molar-refractivity contribution >= 4 is 42.8 Å². The molecule has 0 fully saturated rings. The maximum Gasteiger partial charge on any atom is 0.576 e. The molecular formula is C18H17BCl2O6. The van der Waals surface area contributed by atoms with E-state index in [1.54, 1.807) is 13.8 Å². The molecular weight excluding hydrogens is 394 g/mol. The molecule has 0 N–H and O–H groups in total. The standard InChI is InChI=1S/C18H17BCl2O6/c1-3-24-17(22)11-5-7-13(20)15(9-11)26-19-27-16-10-12(6-8-14(16)21)18(23)25-4-2/h5-10,19H,3-4H2,1-2H3. The number of esters is 2. The largest absolute Gasteiger partial charge is 0.576 e. The summed E-state index contributed by atoms with van der Waals surface area (Å²) in [5.41, 5.74) is 0.609. The zero-order chi connectivity index (χ0) is 19.8. The van der Waals surface area contributed by atoms with Crippen LogP contribution in [0, 0.1) is 0 Å². The Morgan fingerprint density at radius 2 is 1.22 bits per heavy atom. The third-order valence-electron chi connectivity index (χ3n) is 3.31. The SMILES string of the molecule is CCOC(=O)c1ccc(Cl)c(OBOc2cc(C(=O)OCC)ccc2Cl)c1. The van der Waals surface area contributed by atoms with Crippen LogP contribution in [0.25, 0.3) is 0 Å². The van der Waals surface area contributed by atoms with E-state index in [4.69, 9.17) is 42.0 Å². The quantitative estimate of drug-likeness (QED) is 0.482. The minimum atomic E-state index is -0.481. The maximum atomic E-state index is 11.8. The van der Waals surface area contributed by atoms with E-state index in [1.807, 2.05) is 0 Å². The van der Waals surface area contributed by atoms with Gasteiger partial charge in [0, 0.05) is 0 Å². The first-order valence-corrected chi connectivity index (χ1v) is 8.90. The van der Waals surface area contributed by atoms with Crippen LogP contribution in [-0.4, -0.2) is 32.8 Å². The predicted molar refractivity (Wildman–Crippen MR) is 103 cm³/mol. The van der Waals surface area contributed by atoms with Gasteiger partial charge in [-0.3, -0.25) is 0 Å². The Morgan fingerprint density at radius 1 is 0.815 bits per heavy atom. The summed E-state index contributed by atoms with van der Waals surface area (Å²) in [6, 6.07) is 9.04. The monoisotopic (exact) mass is 410 g/mol. The Hall–Kier alpha value is -2.38. The molecule has 2 aromatic rings. The maximum absolute atomic E-state index is 11.8. The third-order valence-corrected chi connectivity index (χ3v) is 3.94. The molecule has 142 valence electrons. The van der Waals surface area contributed by atoms with Crippen molar-refractivity contribution in [1.29, 1.82) is 0 Å². The van der Waals surface area contributed by atoms with Crippen LogP contribution in [0.15, 0.2) is 36.4 Å². The Labute approximate surface area is 167 Å². The van der Waals surface area contributed by atoms with E-state index in [9.17, 15) is 9.59 Å². The first-order valence-electron chi connectivity index (χ1n) is 8.15. The molecule has 0 unspecified atom stereocenters. The summed E-state index contributed by atoms with van der Waals surface area (Å²) in [5.74, 6) is -0.463. The number of hydrogen-bond donors (Lipinski definition) is 0. The molecule has 0 amide bonds. The van der Waals surface area contributed by atoms with Crippen LogP contribution in [0.3, 0.4) is 0 Å². The van der Waals surface area contributed by atoms with Gasteiger partial charge in [-0.2, -0.15) is 0 Å². The second-order valence-electron chi connectivity index (χ2n) is 5.14. The molecule has 2 aromatic carbocycles. The van der Waals surface area contributed by atoms with E-state index < -0.39 is 11.9 Å². The first kappa shape index (κ1) is 20.9. The number of benzene rings is 2. The van der Waals surface area contributed by atoms with Crippen molar-refractivity contribution < 1.29 is 28.4 Å². The van der Waals surface area contributed by atoms with Gasteiger partial charge in [0.05, 0.1) is 34.4 Å². The minimum Gasteiger partial charge on any atom is -0.527 e. The van der Waals surface area contributed by atoms with Crippen LogP contribution < -0.4 is 9.31 Å². The Kier molecular flexibility index (Phi) is 7.82. The zero-order valence-corrected chi connectivity index (χ0v) is 16.3. The number of rotatable bonds is 8. The van der Waals surface area contributed by atoms with E-state index >= 15 is 0 Å². The van der Waals surface area contributed by atoms with Crippen molar-refractivity contribution in [2.24, 2.45) is 0 Å². The summed E-state index contributed by atoms with van der Waals surface area (Å²) in [5, 5.41) is 0.607. The highest BCUT2D eigenvalue weighted by atomic mass is 35.5. The Balaban J connectivity index is 2.06. The number of carbonyl (C=O) groups excluding carboxylic acids is 2. The van der Waals surface area contributed by atoms with E-state index in [0.29, 0.717) is 21.2 Å². The molecule has 0 heterocycles. The van der Waals surface area contributed by atoms with Crippen molar-refractivity contribution in [3.05, 3.63) is 57.6 Å². The second kappa shape index (κ2) is 10.1. The van der Waals surface area contributed by atoms with E-state index in [0.717, 1.165) is 0 Å². The first-order chi connectivity index (χ1) is 13.0. The lowest BCUT2D eigenvalue weighted by molar-refractivity contribution is 0.0516.